The maximum absolute atomic E-state index is 5.62. The van der Waals surface area contributed by atoms with E-state index >= 15 is 0 Å². The van der Waals surface area contributed by atoms with Crippen molar-refractivity contribution in [3.63, 3.8) is 0 Å². The van der Waals surface area contributed by atoms with Gasteiger partial charge in [-0.05, 0) is 43.5 Å². The summed E-state index contributed by atoms with van der Waals surface area (Å²) in [5, 5.41) is 0.987. The Bertz CT molecular complexity index is 567. The average Bonchev–Trinajstić information content (AvgIpc) is 2.38. The molecule has 0 aliphatic rings. The smallest absolute Gasteiger partial charge is 0.120 e. The number of ether oxygens (including phenoxy) is 1. The fraction of sp³-hybridized carbons (Fsp3) is 0.400. The Balaban J connectivity index is 2.49. The van der Waals surface area contributed by atoms with Crippen molar-refractivity contribution in [2.45, 2.75) is 27.2 Å². The molecule has 0 radical (unpaired) electrons. The minimum atomic E-state index is 0.568. The molecule has 0 saturated heterocycles. The van der Waals surface area contributed by atoms with Crippen LogP contribution in [0.1, 0.15) is 26.5 Å². The first kappa shape index (κ1) is 13.6. The highest BCUT2D eigenvalue weighted by atomic mass is 16.5. The van der Waals surface area contributed by atoms with E-state index in [-0.39, 0.29) is 0 Å². The van der Waals surface area contributed by atoms with Gasteiger partial charge in [0.25, 0.3) is 0 Å². The van der Waals surface area contributed by atoms with Crippen LogP contribution in [0.5, 0.6) is 5.75 Å². The molecule has 1 aromatic carbocycles. The Morgan fingerprint density at radius 2 is 2.11 bits per heavy atom. The van der Waals surface area contributed by atoms with Crippen LogP contribution in [-0.2, 0) is 6.42 Å². The van der Waals surface area contributed by atoms with E-state index in [1.807, 2.05) is 31.2 Å². The zero-order valence-corrected chi connectivity index (χ0v) is 11.7. The Labute approximate surface area is 113 Å². The van der Waals surface area contributed by atoms with Gasteiger partial charge in [-0.1, -0.05) is 13.8 Å². The van der Waals surface area contributed by atoms with Crippen molar-refractivity contribution in [3.05, 3.63) is 30.0 Å². The molecule has 1 heterocycles. The van der Waals surface area contributed by atoms with Gasteiger partial charge in [-0.3, -0.25) is 10.8 Å². The SMILES string of the molecule is CCOc1ccc2nc(CC(C)C)cc(NN)c2c1. The van der Waals surface area contributed by atoms with Gasteiger partial charge < -0.3 is 10.2 Å². The van der Waals surface area contributed by atoms with Gasteiger partial charge in [0.15, 0.2) is 0 Å². The molecule has 0 fully saturated rings. The molecule has 4 nitrogen and oxygen atoms in total. The third kappa shape index (κ3) is 3.15. The van der Waals surface area contributed by atoms with E-state index in [2.05, 4.69) is 24.3 Å². The highest BCUT2D eigenvalue weighted by Gasteiger charge is 2.08. The average molecular weight is 259 g/mol. The largest absolute Gasteiger partial charge is 0.494 e. The van der Waals surface area contributed by atoms with Gasteiger partial charge in [0, 0.05) is 11.1 Å². The topological polar surface area (TPSA) is 60.2 Å². The summed E-state index contributed by atoms with van der Waals surface area (Å²) in [6, 6.07) is 7.90. The van der Waals surface area contributed by atoms with Gasteiger partial charge >= 0.3 is 0 Å². The highest BCUT2D eigenvalue weighted by Crippen LogP contribution is 2.27. The highest BCUT2D eigenvalue weighted by molar-refractivity contribution is 5.92. The Kier molecular flexibility index (Phi) is 4.22. The second kappa shape index (κ2) is 5.89. The van der Waals surface area contributed by atoms with Crippen LogP contribution in [0.2, 0.25) is 0 Å². The first-order chi connectivity index (χ1) is 9.13. The second-order valence-corrected chi connectivity index (χ2v) is 5.02. The molecule has 4 heteroatoms. The van der Waals surface area contributed by atoms with Crippen LogP contribution in [0.15, 0.2) is 24.3 Å². The minimum absolute atomic E-state index is 0.568. The second-order valence-electron chi connectivity index (χ2n) is 5.02. The molecule has 1 aromatic heterocycles. The molecule has 19 heavy (non-hydrogen) atoms. The lowest BCUT2D eigenvalue weighted by Crippen LogP contribution is -2.09. The van der Waals surface area contributed by atoms with Gasteiger partial charge in [-0.2, -0.15) is 0 Å². The number of anilines is 1. The molecular formula is C15H21N3O. The molecule has 0 aliphatic heterocycles. The molecule has 3 N–H and O–H groups in total. The normalized spacial score (nSPS) is 11.0. The molecule has 0 aliphatic carbocycles. The van der Waals surface area contributed by atoms with Crippen LogP contribution in [0.25, 0.3) is 10.9 Å². The van der Waals surface area contributed by atoms with E-state index < -0.39 is 0 Å². The first-order valence-electron chi connectivity index (χ1n) is 6.67. The number of hydrogen-bond acceptors (Lipinski definition) is 4. The van der Waals surface area contributed by atoms with Gasteiger partial charge in [0.1, 0.15) is 5.75 Å². The van der Waals surface area contributed by atoms with E-state index in [1.54, 1.807) is 0 Å². The van der Waals surface area contributed by atoms with Crippen LogP contribution >= 0.6 is 0 Å². The summed E-state index contributed by atoms with van der Waals surface area (Å²) in [5.41, 5.74) is 5.64. The summed E-state index contributed by atoms with van der Waals surface area (Å²) in [5.74, 6) is 7.03. The molecule has 0 spiro atoms. The molecular weight excluding hydrogens is 238 g/mol. The lowest BCUT2D eigenvalue weighted by Gasteiger charge is -2.12. The van der Waals surface area contributed by atoms with Crippen molar-refractivity contribution < 1.29 is 4.74 Å². The summed E-state index contributed by atoms with van der Waals surface area (Å²) >= 11 is 0. The number of hydrogen-bond donors (Lipinski definition) is 2. The van der Waals surface area contributed by atoms with Gasteiger partial charge in [-0.15, -0.1) is 0 Å². The standard InChI is InChI=1S/C15H21N3O/c1-4-19-12-5-6-14-13(9-12)15(18-16)8-11(17-14)7-10(2)3/h5-6,8-10H,4,7,16H2,1-3H3,(H,17,18). The number of pyridine rings is 1. The molecule has 2 rings (SSSR count). The van der Waals surface area contributed by atoms with E-state index in [9.17, 15) is 0 Å². The number of benzene rings is 1. The van der Waals surface area contributed by atoms with Crippen molar-refractivity contribution in [2.75, 3.05) is 12.0 Å². The van der Waals surface area contributed by atoms with Crippen molar-refractivity contribution in [3.8, 4) is 5.75 Å². The summed E-state index contributed by atoms with van der Waals surface area (Å²) in [4.78, 5) is 4.67. The maximum Gasteiger partial charge on any atom is 0.120 e. The predicted octanol–water partition coefficient (Wildman–Crippen LogP) is 3.12. The minimum Gasteiger partial charge on any atom is -0.494 e. The lowest BCUT2D eigenvalue weighted by atomic mass is 10.1. The number of nitrogen functional groups attached to an aromatic ring is 1. The number of hydrazine groups is 1. The van der Waals surface area contributed by atoms with E-state index in [0.717, 1.165) is 34.5 Å². The van der Waals surface area contributed by atoms with Gasteiger partial charge in [-0.25, -0.2) is 0 Å². The number of rotatable bonds is 5. The number of nitrogens with zero attached hydrogens (tertiary/aromatic N) is 1. The van der Waals surface area contributed by atoms with Crippen LogP contribution < -0.4 is 16.0 Å². The number of aromatic nitrogens is 1. The molecule has 0 amide bonds. The quantitative estimate of drug-likeness (QED) is 0.640. The summed E-state index contributed by atoms with van der Waals surface area (Å²) < 4.78 is 5.51. The molecule has 0 unspecified atom stereocenters. The summed E-state index contributed by atoms with van der Waals surface area (Å²) in [7, 11) is 0. The van der Waals surface area contributed by atoms with Crippen molar-refractivity contribution in [1.82, 2.24) is 4.98 Å². The summed E-state index contributed by atoms with van der Waals surface area (Å²) in [6.45, 7) is 6.98. The van der Waals surface area contributed by atoms with Crippen LogP contribution in [0.3, 0.4) is 0 Å². The molecule has 0 saturated carbocycles. The Hall–Kier alpha value is -1.81. The van der Waals surface area contributed by atoms with E-state index in [4.69, 9.17) is 10.6 Å². The first-order valence-corrected chi connectivity index (χ1v) is 6.67. The third-order valence-corrected chi connectivity index (χ3v) is 2.92. The maximum atomic E-state index is 5.62. The Morgan fingerprint density at radius 3 is 2.74 bits per heavy atom. The van der Waals surface area contributed by atoms with Gasteiger partial charge in [0.2, 0.25) is 0 Å². The van der Waals surface area contributed by atoms with Crippen molar-refractivity contribution in [2.24, 2.45) is 11.8 Å². The van der Waals surface area contributed by atoms with Crippen molar-refractivity contribution in [1.29, 1.82) is 0 Å². The molecule has 102 valence electrons. The lowest BCUT2D eigenvalue weighted by molar-refractivity contribution is 0.340. The zero-order valence-electron chi connectivity index (χ0n) is 11.7. The summed E-state index contributed by atoms with van der Waals surface area (Å²) in [6.07, 6.45) is 0.942. The fourth-order valence-electron chi connectivity index (χ4n) is 2.16. The molecule has 0 atom stereocenters. The number of fused-ring (bicyclic) bond motifs is 1. The third-order valence-electron chi connectivity index (χ3n) is 2.92. The molecule has 0 bridgehead atoms. The monoisotopic (exact) mass is 259 g/mol. The number of nitrogens with one attached hydrogen (secondary N) is 1. The van der Waals surface area contributed by atoms with Gasteiger partial charge in [0.05, 0.1) is 17.8 Å². The Morgan fingerprint density at radius 1 is 1.32 bits per heavy atom. The number of nitrogens with two attached hydrogens (primary N) is 1. The van der Waals surface area contributed by atoms with Crippen LogP contribution in [0.4, 0.5) is 5.69 Å². The zero-order chi connectivity index (χ0) is 13.8. The van der Waals surface area contributed by atoms with E-state index in [0.29, 0.717) is 12.5 Å². The molecule has 2 aromatic rings. The fourth-order valence-corrected chi connectivity index (χ4v) is 2.16. The predicted molar refractivity (Wildman–Crippen MR) is 79.3 cm³/mol. The van der Waals surface area contributed by atoms with Crippen LogP contribution in [-0.4, -0.2) is 11.6 Å². The van der Waals surface area contributed by atoms with E-state index in [1.165, 1.54) is 0 Å². The van der Waals surface area contributed by atoms with Crippen LogP contribution in [0, 0.1) is 5.92 Å². The van der Waals surface area contributed by atoms with Crippen molar-refractivity contribution >= 4 is 16.6 Å².